The first-order valence-corrected chi connectivity index (χ1v) is 6.92. The standard InChI is InChI=1S/C12H11BrN2S/c1-6-3-9(13)7(2)10-11-8(4-14-15-11)5-16-12(6)10/h3-4H,5H2,1-2H3,(H,14,15). The van der Waals surface area contributed by atoms with Crippen LogP contribution in [0.1, 0.15) is 16.7 Å². The molecule has 0 unspecified atom stereocenters. The molecule has 4 heteroatoms. The van der Waals surface area contributed by atoms with Crippen molar-refractivity contribution in [2.45, 2.75) is 24.5 Å². The molecular weight excluding hydrogens is 284 g/mol. The van der Waals surface area contributed by atoms with E-state index in [2.05, 4.69) is 46.0 Å². The molecule has 2 nitrogen and oxygen atoms in total. The number of aryl methyl sites for hydroxylation is 1. The number of H-pyrrole nitrogens is 1. The molecule has 0 amide bonds. The van der Waals surface area contributed by atoms with E-state index in [9.17, 15) is 0 Å². The largest absolute Gasteiger partial charge is 0.285 e. The Morgan fingerprint density at radius 2 is 2.25 bits per heavy atom. The SMILES string of the molecule is Cc1cc(Br)c(C)c2c1SCc1c[nH]nc1-2. The average molecular weight is 295 g/mol. The topological polar surface area (TPSA) is 28.7 Å². The van der Waals surface area contributed by atoms with Crippen molar-refractivity contribution in [3.05, 3.63) is 33.4 Å². The molecule has 1 aromatic carbocycles. The van der Waals surface area contributed by atoms with Gasteiger partial charge in [-0.25, -0.2) is 0 Å². The zero-order valence-electron chi connectivity index (χ0n) is 9.10. The Hall–Kier alpha value is -0.740. The maximum Gasteiger partial charge on any atom is 0.0975 e. The summed E-state index contributed by atoms with van der Waals surface area (Å²) < 4.78 is 1.17. The second-order valence-electron chi connectivity index (χ2n) is 4.05. The summed E-state index contributed by atoms with van der Waals surface area (Å²) in [5.74, 6) is 1.01. The fraction of sp³-hybridized carbons (Fsp3) is 0.250. The molecule has 0 saturated heterocycles. The van der Waals surface area contributed by atoms with Crippen LogP contribution in [0.4, 0.5) is 0 Å². The van der Waals surface area contributed by atoms with E-state index in [1.165, 1.54) is 31.6 Å². The van der Waals surface area contributed by atoms with Crippen molar-refractivity contribution < 1.29 is 0 Å². The Balaban J connectivity index is 2.39. The van der Waals surface area contributed by atoms with E-state index >= 15 is 0 Å². The molecule has 3 rings (SSSR count). The molecule has 0 saturated carbocycles. The number of hydrogen-bond acceptors (Lipinski definition) is 2. The van der Waals surface area contributed by atoms with Crippen molar-refractivity contribution in [3.63, 3.8) is 0 Å². The quantitative estimate of drug-likeness (QED) is 0.794. The number of benzene rings is 1. The molecule has 1 aliphatic heterocycles. The van der Waals surface area contributed by atoms with Gasteiger partial charge in [0.1, 0.15) is 0 Å². The molecule has 2 aromatic rings. The second kappa shape index (κ2) is 3.64. The summed E-state index contributed by atoms with van der Waals surface area (Å²) >= 11 is 5.52. The van der Waals surface area contributed by atoms with Crippen molar-refractivity contribution in [1.29, 1.82) is 0 Å². The van der Waals surface area contributed by atoms with Gasteiger partial charge in [0, 0.05) is 32.4 Å². The van der Waals surface area contributed by atoms with Gasteiger partial charge in [-0.2, -0.15) is 5.10 Å². The molecule has 1 N–H and O–H groups in total. The predicted molar refractivity (Wildman–Crippen MR) is 70.8 cm³/mol. The van der Waals surface area contributed by atoms with Gasteiger partial charge in [0.15, 0.2) is 0 Å². The first-order valence-electron chi connectivity index (χ1n) is 5.14. The molecule has 2 heterocycles. The number of hydrogen-bond donors (Lipinski definition) is 1. The lowest BCUT2D eigenvalue weighted by atomic mass is 10.00. The first kappa shape index (κ1) is 10.4. The number of nitrogens with one attached hydrogen (secondary N) is 1. The van der Waals surface area contributed by atoms with Gasteiger partial charge >= 0.3 is 0 Å². The first-order chi connectivity index (χ1) is 7.68. The van der Waals surface area contributed by atoms with Crippen LogP contribution in [-0.2, 0) is 5.75 Å². The van der Waals surface area contributed by atoms with E-state index < -0.39 is 0 Å². The summed E-state index contributed by atoms with van der Waals surface area (Å²) in [6.07, 6.45) is 2.00. The van der Waals surface area contributed by atoms with Crippen LogP contribution in [0.2, 0.25) is 0 Å². The average Bonchev–Trinajstić information content (AvgIpc) is 2.72. The van der Waals surface area contributed by atoms with Crippen LogP contribution in [0.5, 0.6) is 0 Å². The summed E-state index contributed by atoms with van der Waals surface area (Å²) in [5, 5.41) is 7.35. The minimum atomic E-state index is 1.01. The van der Waals surface area contributed by atoms with Crippen LogP contribution >= 0.6 is 27.7 Å². The highest BCUT2D eigenvalue weighted by molar-refractivity contribution is 9.10. The van der Waals surface area contributed by atoms with Crippen LogP contribution < -0.4 is 0 Å². The normalized spacial score (nSPS) is 13.4. The Bertz CT molecular complexity index is 575. The molecular formula is C12H11BrN2S. The van der Waals surface area contributed by atoms with Gasteiger partial charge in [0.2, 0.25) is 0 Å². The number of aromatic amines is 1. The fourth-order valence-corrected chi connectivity index (χ4v) is 3.86. The Kier molecular flexibility index (Phi) is 2.37. The third kappa shape index (κ3) is 1.36. The maximum absolute atomic E-state index is 4.38. The van der Waals surface area contributed by atoms with E-state index in [-0.39, 0.29) is 0 Å². The lowest BCUT2D eigenvalue weighted by Crippen LogP contribution is -1.99. The van der Waals surface area contributed by atoms with Crippen molar-refractivity contribution >= 4 is 27.7 Å². The van der Waals surface area contributed by atoms with Crippen LogP contribution in [0.3, 0.4) is 0 Å². The van der Waals surface area contributed by atoms with Gasteiger partial charge in [-0.05, 0) is 31.0 Å². The Morgan fingerprint density at radius 3 is 3.06 bits per heavy atom. The van der Waals surface area contributed by atoms with Gasteiger partial charge < -0.3 is 0 Å². The number of rotatable bonds is 0. The predicted octanol–water partition coefficient (Wildman–Crippen LogP) is 4.06. The molecule has 0 aliphatic carbocycles. The number of aromatic nitrogens is 2. The fourth-order valence-electron chi connectivity index (χ4n) is 2.11. The lowest BCUT2D eigenvalue weighted by Gasteiger charge is -2.20. The van der Waals surface area contributed by atoms with Gasteiger partial charge in [-0.1, -0.05) is 15.9 Å². The van der Waals surface area contributed by atoms with Crippen molar-refractivity contribution in [2.75, 3.05) is 0 Å². The number of thioether (sulfide) groups is 1. The number of fused-ring (bicyclic) bond motifs is 3. The number of halogens is 1. The third-order valence-electron chi connectivity index (χ3n) is 2.99. The van der Waals surface area contributed by atoms with Gasteiger partial charge in [0.05, 0.1) is 5.69 Å². The molecule has 1 aromatic heterocycles. The summed E-state index contributed by atoms with van der Waals surface area (Å²) in [6.45, 7) is 4.31. The highest BCUT2D eigenvalue weighted by Gasteiger charge is 2.23. The van der Waals surface area contributed by atoms with Crippen molar-refractivity contribution in [1.82, 2.24) is 10.2 Å². The summed E-state index contributed by atoms with van der Waals surface area (Å²) in [6, 6.07) is 2.19. The van der Waals surface area contributed by atoms with Crippen molar-refractivity contribution in [3.8, 4) is 11.3 Å². The zero-order chi connectivity index (χ0) is 11.3. The molecule has 0 radical (unpaired) electrons. The monoisotopic (exact) mass is 294 g/mol. The lowest BCUT2D eigenvalue weighted by molar-refractivity contribution is 1.08. The highest BCUT2D eigenvalue weighted by atomic mass is 79.9. The van der Waals surface area contributed by atoms with Gasteiger partial charge in [-0.15, -0.1) is 11.8 Å². The van der Waals surface area contributed by atoms with Crippen LogP contribution in [-0.4, -0.2) is 10.2 Å². The molecule has 16 heavy (non-hydrogen) atoms. The minimum Gasteiger partial charge on any atom is -0.285 e. The number of nitrogens with zero attached hydrogens (tertiary/aromatic N) is 1. The third-order valence-corrected chi connectivity index (χ3v) is 5.08. The Labute approximate surface area is 107 Å². The van der Waals surface area contributed by atoms with Crippen LogP contribution in [0, 0.1) is 13.8 Å². The van der Waals surface area contributed by atoms with Crippen LogP contribution in [0.25, 0.3) is 11.3 Å². The van der Waals surface area contributed by atoms with E-state index in [1.54, 1.807) is 0 Å². The van der Waals surface area contributed by atoms with E-state index in [0.29, 0.717) is 0 Å². The molecule has 0 spiro atoms. The van der Waals surface area contributed by atoms with E-state index in [4.69, 9.17) is 0 Å². The highest BCUT2D eigenvalue weighted by Crippen LogP contribution is 2.45. The summed E-state index contributed by atoms with van der Waals surface area (Å²) in [5.41, 5.74) is 6.32. The summed E-state index contributed by atoms with van der Waals surface area (Å²) in [4.78, 5) is 1.38. The molecule has 0 bridgehead atoms. The minimum absolute atomic E-state index is 1.01. The smallest absolute Gasteiger partial charge is 0.0975 e. The van der Waals surface area contributed by atoms with Crippen molar-refractivity contribution in [2.24, 2.45) is 0 Å². The second-order valence-corrected chi connectivity index (χ2v) is 5.89. The van der Waals surface area contributed by atoms with Gasteiger partial charge in [-0.3, -0.25) is 5.10 Å². The molecule has 0 fully saturated rings. The molecule has 82 valence electrons. The zero-order valence-corrected chi connectivity index (χ0v) is 11.5. The van der Waals surface area contributed by atoms with E-state index in [0.717, 1.165) is 11.4 Å². The molecule has 0 atom stereocenters. The molecule has 1 aliphatic rings. The Morgan fingerprint density at radius 1 is 1.44 bits per heavy atom. The van der Waals surface area contributed by atoms with Crippen LogP contribution in [0.15, 0.2) is 21.6 Å². The van der Waals surface area contributed by atoms with Gasteiger partial charge in [0.25, 0.3) is 0 Å². The van der Waals surface area contributed by atoms with E-state index in [1.807, 2.05) is 18.0 Å². The summed E-state index contributed by atoms with van der Waals surface area (Å²) in [7, 11) is 0. The maximum atomic E-state index is 4.38.